The largest absolute Gasteiger partial charge is 0.494 e. The average Bonchev–Trinajstić information content (AvgIpc) is 3.00. The minimum Gasteiger partial charge on any atom is -0.494 e. The van der Waals surface area contributed by atoms with E-state index in [9.17, 15) is 31.1 Å². The van der Waals surface area contributed by atoms with E-state index in [-0.39, 0.29) is 28.9 Å². The van der Waals surface area contributed by atoms with Crippen LogP contribution in [0.25, 0.3) is 27.7 Å². The number of esters is 1. The van der Waals surface area contributed by atoms with Crippen molar-refractivity contribution >= 4 is 17.7 Å². The Bertz CT molecular complexity index is 1480. The molecule has 0 aromatic heterocycles. The van der Waals surface area contributed by atoms with Gasteiger partial charge in [-0.25, -0.2) is 9.64 Å². The zero-order chi connectivity index (χ0) is 33.0. The highest BCUT2D eigenvalue weighted by Crippen LogP contribution is 2.39. The van der Waals surface area contributed by atoms with Gasteiger partial charge >= 0.3 is 18.3 Å². The number of benzene rings is 3. The van der Waals surface area contributed by atoms with Crippen molar-refractivity contribution in [1.82, 2.24) is 0 Å². The highest BCUT2D eigenvalue weighted by atomic mass is 19.4. The standard InChI is InChI=1S/C35H33F6NO3/c1-24(2)33(43)45-19-9-7-5-4-6-8-18-44-31-16-10-25(11-17-31)20-32(42-3)27-14-12-26(13-15-27)28-21-29(34(36,37)38)23-30(22-28)35(39,40)41/h10-17,20-23H,1,4-9,18-19H2,2H3/b32-20-. The molecule has 0 saturated heterocycles. The van der Waals surface area contributed by atoms with Gasteiger partial charge in [0.15, 0.2) is 5.70 Å². The van der Waals surface area contributed by atoms with Gasteiger partial charge in [0.05, 0.1) is 30.9 Å². The van der Waals surface area contributed by atoms with Crippen LogP contribution in [0.4, 0.5) is 26.3 Å². The van der Waals surface area contributed by atoms with Gasteiger partial charge in [0.2, 0.25) is 0 Å². The third kappa shape index (κ3) is 11.2. The molecule has 0 amide bonds. The van der Waals surface area contributed by atoms with Gasteiger partial charge in [-0.3, -0.25) is 0 Å². The number of alkyl halides is 6. The van der Waals surface area contributed by atoms with E-state index in [4.69, 9.17) is 16.0 Å². The zero-order valence-corrected chi connectivity index (χ0v) is 24.7. The molecule has 238 valence electrons. The Labute approximate surface area is 258 Å². The lowest BCUT2D eigenvalue weighted by Gasteiger charge is -2.14. The molecular weight excluding hydrogens is 596 g/mol. The molecule has 10 heteroatoms. The molecule has 0 radical (unpaired) electrons. The average molecular weight is 630 g/mol. The summed E-state index contributed by atoms with van der Waals surface area (Å²) < 4.78 is 90.4. The van der Waals surface area contributed by atoms with Gasteiger partial charge in [-0.05, 0) is 78.4 Å². The topological polar surface area (TPSA) is 39.9 Å². The zero-order valence-electron chi connectivity index (χ0n) is 24.7. The maximum atomic E-state index is 13.3. The van der Waals surface area contributed by atoms with Gasteiger partial charge in [0, 0.05) is 5.57 Å². The summed E-state index contributed by atoms with van der Waals surface area (Å²) in [5, 5.41) is 0. The number of hydrogen-bond acceptors (Lipinski definition) is 3. The number of carbonyl (C=O) groups is 1. The van der Waals surface area contributed by atoms with Crippen molar-refractivity contribution < 1.29 is 40.6 Å². The molecule has 3 aromatic carbocycles. The molecule has 3 aromatic rings. The number of hydrogen-bond donors (Lipinski definition) is 0. The van der Waals surface area contributed by atoms with E-state index in [2.05, 4.69) is 11.4 Å². The van der Waals surface area contributed by atoms with Gasteiger partial charge in [-0.15, -0.1) is 0 Å². The Balaban J connectivity index is 1.53. The van der Waals surface area contributed by atoms with Gasteiger partial charge in [0.25, 0.3) is 0 Å². The molecule has 45 heavy (non-hydrogen) atoms. The van der Waals surface area contributed by atoms with Crippen molar-refractivity contribution in [1.29, 1.82) is 0 Å². The molecule has 0 atom stereocenters. The first-order chi connectivity index (χ1) is 21.3. The molecule has 0 bridgehead atoms. The normalized spacial score (nSPS) is 12.0. The van der Waals surface area contributed by atoms with Crippen LogP contribution in [0.1, 0.15) is 67.7 Å². The quantitative estimate of drug-likeness (QED) is 0.0445. The molecule has 0 aliphatic carbocycles. The van der Waals surface area contributed by atoms with Crippen LogP contribution >= 0.6 is 0 Å². The van der Waals surface area contributed by atoms with Gasteiger partial charge in [-0.2, -0.15) is 26.3 Å². The van der Waals surface area contributed by atoms with Crippen LogP contribution in [-0.2, 0) is 21.9 Å². The molecular formula is C35H33F6NO3. The lowest BCUT2D eigenvalue weighted by molar-refractivity contribution is -0.143. The van der Waals surface area contributed by atoms with Crippen LogP contribution in [0.2, 0.25) is 0 Å². The second-order valence-corrected chi connectivity index (χ2v) is 10.5. The summed E-state index contributed by atoms with van der Waals surface area (Å²) in [6, 6.07) is 14.4. The second-order valence-electron chi connectivity index (χ2n) is 10.5. The lowest BCUT2D eigenvalue weighted by atomic mass is 9.97. The Morgan fingerprint density at radius 2 is 1.31 bits per heavy atom. The van der Waals surface area contributed by atoms with Crippen LogP contribution in [0.5, 0.6) is 5.75 Å². The van der Waals surface area contributed by atoms with Gasteiger partial charge in [0.1, 0.15) is 5.75 Å². The van der Waals surface area contributed by atoms with E-state index >= 15 is 0 Å². The number of halogens is 6. The molecule has 0 unspecified atom stereocenters. The van der Waals surface area contributed by atoms with Crippen molar-refractivity contribution in [2.24, 2.45) is 0 Å². The molecule has 0 aliphatic heterocycles. The van der Waals surface area contributed by atoms with Crippen LogP contribution < -0.4 is 4.74 Å². The van der Waals surface area contributed by atoms with Crippen LogP contribution in [0.3, 0.4) is 0 Å². The van der Waals surface area contributed by atoms with Crippen molar-refractivity contribution in [3.63, 3.8) is 0 Å². The van der Waals surface area contributed by atoms with E-state index in [0.29, 0.717) is 42.2 Å². The molecule has 0 saturated carbocycles. The van der Waals surface area contributed by atoms with E-state index in [1.165, 1.54) is 24.3 Å². The summed E-state index contributed by atoms with van der Waals surface area (Å²) in [5.74, 6) is 0.323. The summed E-state index contributed by atoms with van der Waals surface area (Å²) in [6.07, 6.45) is -2.45. The Morgan fingerprint density at radius 1 is 0.778 bits per heavy atom. The van der Waals surface area contributed by atoms with Crippen molar-refractivity contribution in [3.8, 4) is 16.9 Å². The first-order valence-electron chi connectivity index (χ1n) is 14.3. The van der Waals surface area contributed by atoms with E-state index in [0.717, 1.165) is 44.1 Å². The number of ether oxygens (including phenoxy) is 2. The minimum atomic E-state index is -4.94. The molecule has 0 N–H and O–H groups in total. The SMILES string of the molecule is [C-]#[N+]/C(=C\c1ccc(OCCCCCCCCOC(=O)C(=C)C)cc1)c1ccc(-c2cc(C(F)(F)F)cc(C(F)(F)F)c2)cc1. The smallest absolute Gasteiger partial charge is 0.416 e. The predicted molar refractivity (Wildman–Crippen MR) is 162 cm³/mol. The summed E-state index contributed by atoms with van der Waals surface area (Å²) in [5.41, 5.74) is -1.02. The Hall–Kier alpha value is -4.52. The third-order valence-corrected chi connectivity index (χ3v) is 6.79. The fourth-order valence-electron chi connectivity index (χ4n) is 4.34. The second kappa shape index (κ2) is 16.0. The van der Waals surface area contributed by atoms with E-state index < -0.39 is 23.5 Å². The highest BCUT2D eigenvalue weighted by Gasteiger charge is 2.37. The maximum Gasteiger partial charge on any atom is 0.416 e. The fourth-order valence-corrected chi connectivity index (χ4v) is 4.34. The van der Waals surface area contributed by atoms with Crippen molar-refractivity contribution in [2.45, 2.75) is 57.8 Å². The molecule has 3 rings (SSSR count). The van der Waals surface area contributed by atoms with E-state index in [1.807, 2.05) is 0 Å². The first kappa shape index (κ1) is 35.0. The summed E-state index contributed by atoms with van der Waals surface area (Å²) in [6.45, 7) is 13.7. The first-order valence-corrected chi connectivity index (χ1v) is 14.3. The Morgan fingerprint density at radius 3 is 1.82 bits per heavy atom. The summed E-state index contributed by atoms with van der Waals surface area (Å²) >= 11 is 0. The van der Waals surface area contributed by atoms with Crippen molar-refractivity contribution in [2.75, 3.05) is 13.2 Å². The van der Waals surface area contributed by atoms with Crippen LogP contribution in [-0.4, -0.2) is 19.2 Å². The monoisotopic (exact) mass is 629 g/mol. The molecule has 0 spiro atoms. The highest BCUT2D eigenvalue weighted by molar-refractivity contribution is 5.87. The van der Waals surface area contributed by atoms with Crippen LogP contribution in [0, 0.1) is 6.57 Å². The predicted octanol–water partition coefficient (Wildman–Crippen LogP) is 10.6. The summed E-state index contributed by atoms with van der Waals surface area (Å²) in [7, 11) is 0. The minimum absolute atomic E-state index is 0.0904. The number of rotatable bonds is 14. The number of nitrogens with zero attached hydrogens (tertiary/aromatic N) is 1. The maximum absolute atomic E-state index is 13.3. The van der Waals surface area contributed by atoms with E-state index in [1.54, 1.807) is 37.3 Å². The summed E-state index contributed by atoms with van der Waals surface area (Å²) in [4.78, 5) is 14.9. The number of unbranched alkanes of at least 4 members (excludes halogenated alkanes) is 5. The fraction of sp³-hybridized carbons (Fsp3) is 0.314. The third-order valence-electron chi connectivity index (χ3n) is 6.79. The lowest BCUT2D eigenvalue weighted by Crippen LogP contribution is -2.11. The van der Waals surface area contributed by atoms with Gasteiger partial charge < -0.3 is 9.47 Å². The molecule has 4 nitrogen and oxygen atoms in total. The molecule has 0 aliphatic rings. The van der Waals surface area contributed by atoms with Crippen LogP contribution in [0.15, 0.2) is 78.9 Å². The van der Waals surface area contributed by atoms with Crippen molar-refractivity contribution in [3.05, 3.63) is 113 Å². The number of carbonyl (C=O) groups excluding carboxylic acids is 1. The Kier molecular flexibility index (Phi) is 12.4. The molecule has 0 fully saturated rings. The van der Waals surface area contributed by atoms with Gasteiger partial charge in [-0.1, -0.05) is 68.7 Å². The molecule has 0 heterocycles.